The second-order valence-corrected chi connectivity index (χ2v) is 3.12. The van der Waals surface area contributed by atoms with Gasteiger partial charge in [0.05, 0.1) is 6.20 Å². The zero-order valence-corrected chi connectivity index (χ0v) is 7.42. The minimum atomic E-state index is 0.730. The molecule has 0 spiro atoms. The van der Waals surface area contributed by atoms with Crippen LogP contribution >= 0.6 is 0 Å². The lowest BCUT2D eigenvalue weighted by molar-refractivity contribution is 0.395. The van der Waals surface area contributed by atoms with Gasteiger partial charge in [-0.05, 0) is 19.3 Å². The van der Waals surface area contributed by atoms with Crippen molar-refractivity contribution in [3.63, 3.8) is 0 Å². The fourth-order valence-electron chi connectivity index (χ4n) is 1.03. The molecule has 11 heavy (non-hydrogen) atoms. The largest absolute Gasteiger partial charge is 0.361 e. The molecule has 0 bridgehead atoms. The summed E-state index contributed by atoms with van der Waals surface area (Å²) in [5.41, 5.74) is 1.25. The highest BCUT2D eigenvalue weighted by Gasteiger charge is 2.06. The average Bonchev–Trinajstić information content (AvgIpc) is 2.37. The van der Waals surface area contributed by atoms with Crippen molar-refractivity contribution in [1.82, 2.24) is 5.16 Å². The third-order valence-corrected chi connectivity index (χ3v) is 2.12. The van der Waals surface area contributed by atoms with Gasteiger partial charge in [-0.3, -0.25) is 0 Å². The van der Waals surface area contributed by atoms with E-state index in [-0.39, 0.29) is 0 Å². The third-order valence-electron chi connectivity index (χ3n) is 2.12. The summed E-state index contributed by atoms with van der Waals surface area (Å²) in [7, 11) is 0. The Bertz CT molecular complexity index is 217. The van der Waals surface area contributed by atoms with Crippen LogP contribution in [0.2, 0.25) is 0 Å². The first-order chi connectivity index (χ1) is 5.24. The molecule has 1 heterocycles. The van der Waals surface area contributed by atoms with Gasteiger partial charge < -0.3 is 4.52 Å². The molecule has 0 saturated heterocycles. The Morgan fingerprint density at radius 2 is 2.36 bits per heavy atom. The average molecular weight is 153 g/mol. The predicted octanol–water partition coefficient (Wildman–Crippen LogP) is 2.57. The SMILES string of the molecule is CCC(C)Cc1cnoc1C. The third kappa shape index (κ3) is 2.07. The van der Waals surface area contributed by atoms with Crippen LogP contribution in [0.25, 0.3) is 0 Å². The van der Waals surface area contributed by atoms with Gasteiger partial charge in [-0.1, -0.05) is 25.4 Å². The first kappa shape index (κ1) is 8.31. The number of hydrogen-bond acceptors (Lipinski definition) is 2. The molecule has 0 N–H and O–H groups in total. The molecule has 2 nitrogen and oxygen atoms in total. The normalized spacial score (nSPS) is 13.4. The standard InChI is InChI=1S/C9H15NO/c1-4-7(2)5-9-6-10-11-8(9)3/h6-7H,4-5H2,1-3H3. The first-order valence-electron chi connectivity index (χ1n) is 4.14. The summed E-state index contributed by atoms with van der Waals surface area (Å²) < 4.78 is 4.96. The lowest BCUT2D eigenvalue weighted by Crippen LogP contribution is -1.97. The molecule has 1 aromatic rings. The van der Waals surface area contributed by atoms with Crippen LogP contribution in [-0.2, 0) is 6.42 Å². The number of aryl methyl sites for hydroxylation is 1. The van der Waals surface area contributed by atoms with Crippen LogP contribution in [0, 0.1) is 12.8 Å². The number of rotatable bonds is 3. The summed E-state index contributed by atoms with van der Waals surface area (Å²) >= 11 is 0. The number of nitrogens with zero attached hydrogens (tertiary/aromatic N) is 1. The first-order valence-corrected chi connectivity index (χ1v) is 4.14. The van der Waals surface area contributed by atoms with Gasteiger partial charge >= 0.3 is 0 Å². The highest BCUT2D eigenvalue weighted by atomic mass is 16.5. The Kier molecular flexibility index (Phi) is 2.69. The van der Waals surface area contributed by atoms with E-state index in [0.717, 1.165) is 18.1 Å². The molecule has 0 radical (unpaired) electrons. The summed E-state index contributed by atoms with van der Waals surface area (Å²) in [6.45, 7) is 6.41. The van der Waals surface area contributed by atoms with Gasteiger partial charge in [0.2, 0.25) is 0 Å². The van der Waals surface area contributed by atoms with Gasteiger partial charge in [-0.25, -0.2) is 0 Å². The van der Waals surface area contributed by atoms with Crippen molar-refractivity contribution in [2.45, 2.75) is 33.6 Å². The molecule has 1 rings (SSSR count). The van der Waals surface area contributed by atoms with Crippen molar-refractivity contribution in [3.05, 3.63) is 17.5 Å². The predicted molar refractivity (Wildman–Crippen MR) is 44.4 cm³/mol. The van der Waals surface area contributed by atoms with Crippen LogP contribution in [0.4, 0.5) is 0 Å². The Hall–Kier alpha value is -0.790. The molecule has 1 atom stereocenters. The minimum Gasteiger partial charge on any atom is -0.361 e. The van der Waals surface area contributed by atoms with E-state index in [0.29, 0.717) is 0 Å². The lowest BCUT2D eigenvalue weighted by Gasteiger charge is -2.04. The fourth-order valence-corrected chi connectivity index (χ4v) is 1.03. The van der Waals surface area contributed by atoms with E-state index in [1.807, 2.05) is 13.1 Å². The second kappa shape index (κ2) is 3.56. The van der Waals surface area contributed by atoms with Gasteiger partial charge in [0.15, 0.2) is 0 Å². The number of hydrogen-bond donors (Lipinski definition) is 0. The highest BCUT2D eigenvalue weighted by Crippen LogP contribution is 2.14. The van der Waals surface area contributed by atoms with E-state index in [2.05, 4.69) is 19.0 Å². The van der Waals surface area contributed by atoms with Gasteiger partial charge in [0, 0.05) is 5.56 Å². The molecule has 0 amide bonds. The second-order valence-electron chi connectivity index (χ2n) is 3.12. The van der Waals surface area contributed by atoms with Crippen molar-refractivity contribution in [3.8, 4) is 0 Å². The maximum absolute atomic E-state index is 4.96. The Balaban J connectivity index is 2.56. The minimum absolute atomic E-state index is 0.730. The molecule has 0 aliphatic heterocycles. The van der Waals surface area contributed by atoms with Crippen LogP contribution in [0.15, 0.2) is 10.7 Å². The van der Waals surface area contributed by atoms with Crippen molar-refractivity contribution >= 4 is 0 Å². The summed E-state index contributed by atoms with van der Waals surface area (Å²) in [5.74, 6) is 1.69. The van der Waals surface area contributed by atoms with Crippen molar-refractivity contribution < 1.29 is 4.52 Å². The molecule has 0 aliphatic rings. The van der Waals surface area contributed by atoms with E-state index >= 15 is 0 Å². The van der Waals surface area contributed by atoms with Crippen LogP contribution in [0.5, 0.6) is 0 Å². The van der Waals surface area contributed by atoms with Crippen molar-refractivity contribution in [2.24, 2.45) is 5.92 Å². The van der Waals surface area contributed by atoms with E-state index in [1.165, 1.54) is 12.0 Å². The molecule has 0 aromatic carbocycles. The summed E-state index contributed by atoms with van der Waals surface area (Å²) in [6.07, 6.45) is 4.12. The van der Waals surface area contributed by atoms with Crippen molar-refractivity contribution in [1.29, 1.82) is 0 Å². The summed E-state index contributed by atoms with van der Waals surface area (Å²) in [5, 5.41) is 3.73. The van der Waals surface area contributed by atoms with Gasteiger partial charge in [-0.15, -0.1) is 0 Å². The molecule has 1 unspecified atom stereocenters. The summed E-state index contributed by atoms with van der Waals surface area (Å²) in [6, 6.07) is 0. The van der Waals surface area contributed by atoms with Crippen LogP contribution in [-0.4, -0.2) is 5.16 Å². The zero-order chi connectivity index (χ0) is 8.27. The van der Waals surface area contributed by atoms with Gasteiger partial charge in [0.1, 0.15) is 5.76 Å². The van der Waals surface area contributed by atoms with Crippen LogP contribution in [0.1, 0.15) is 31.6 Å². The Morgan fingerprint density at radius 3 is 2.82 bits per heavy atom. The topological polar surface area (TPSA) is 26.0 Å². The molecule has 1 aromatic heterocycles. The lowest BCUT2D eigenvalue weighted by atomic mass is 10.00. The Labute approximate surface area is 67.6 Å². The van der Waals surface area contributed by atoms with E-state index in [4.69, 9.17) is 4.52 Å². The number of aromatic nitrogens is 1. The van der Waals surface area contributed by atoms with Crippen LogP contribution in [0.3, 0.4) is 0 Å². The molecule has 0 fully saturated rings. The highest BCUT2D eigenvalue weighted by molar-refractivity contribution is 5.11. The van der Waals surface area contributed by atoms with E-state index in [1.54, 1.807) is 0 Å². The van der Waals surface area contributed by atoms with Gasteiger partial charge in [-0.2, -0.15) is 0 Å². The molecular formula is C9H15NO. The molecule has 2 heteroatoms. The quantitative estimate of drug-likeness (QED) is 0.667. The molecule has 0 aliphatic carbocycles. The van der Waals surface area contributed by atoms with Crippen molar-refractivity contribution in [2.75, 3.05) is 0 Å². The van der Waals surface area contributed by atoms with Gasteiger partial charge in [0.25, 0.3) is 0 Å². The Morgan fingerprint density at radius 1 is 1.64 bits per heavy atom. The fraction of sp³-hybridized carbons (Fsp3) is 0.667. The van der Waals surface area contributed by atoms with E-state index in [9.17, 15) is 0 Å². The summed E-state index contributed by atoms with van der Waals surface area (Å²) in [4.78, 5) is 0. The maximum atomic E-state index is 4.96. The molecule has 62 valence electrons. The monoisotopic (exact) mass is 153 g/mol. The molecule has 0 saturated carbocycles. The molecular weight excluding hydrogens is 138 g/mol. The van der Waals surface area contributed by atoms with Crippen LogP contribution < -0.4 is 0 Å². The smallest absolute Gasteiger partial charge is 0.136 e. The zero-order valence-electron chi connectivity index (χ0n) is 7.42. The van der Waals surface area contributed by atoms with E-state index < -0.39 is 0 Å². The maximum Gasteiger partial charge on any atom is 0.136 e.